The minimum atomic E-state index is -0.233. The van der Waals surface area contributed by atoms with Gasteiger partial charge in [-0.05, 0) is 55.8 Å². The standard InChI is InChI=1S/C18H22N2O2.ClH/c1-12-5-4-6-17(11-12)22-16-9-7-15(8-10-16)20-18(21)13(2)14(3)19;/h4-11,13-14H,19H2,1-3H3,(H,20,21);1H. The van der Waals surface area contributed by atoms with E-state index in [1.165, 1.54) is 0 Å². The van der Waals surface area contributed by atoms with Crippen LogP contribution in [0.25, 0.3) is 0 Å². The van der Waals surface area contributed by atoms with Crippen molar-refractivity contribution in [2.45, 2.75) is 26.8 Å². The summed E-state index contributed by atoms with van der Waals surface area (Å²) < 4.78 is 5.77. The van der Waals surface area contributed by atoms with Gasteiger partial charge in [-0.25, -0.2) is 0 Å². The third kappa shape index (κ3) is 5.58. The Morgan fingerprint density at radius 1 is 1.09 bits per heavy atom. The van der Waals surface area contributed by atoms with Gasteiger partial charge in [0.1, 0.15) is 11.5 Å². The van der Waals surface area contributed by atoms with Crippen LogP contribution in [-0.2, 0) is 4.79 Å². The number of ether oxygens (including phenoxy) is 1. The number of benzene rings is 2. The highest BCUT2D eigenvalue weighted by Gasteiger charge is 2.16. The minimum Gasteiger partial charge on any atom is -0.457 e. The molecule has 0 bridgehead atoms. The molecule has 0 aromatic heterocycles. The molecule has 23 heavy (non-hydrogen) atoms. The number of rotatable bonds is 5. The maximum absolute atomic E-state index is 11.9. The molecule has 0 heterocycles. The molecule has 124 valence electrons. The predicted octanol–water partition coefficient (Wildman–Crippen LogP) is 4.13. The fourth-order valence-corrected chi connectivity index (χ4v) is 1.92. The van der Waals surface area contributed by atoms with Gasteiger partial charge in [0, 0.05) is 11.7 Å². The van der Waals surface area contributed by atoms with Gasteiger partial charge in [-0.2, -0.15) is 0 Å². The van der Waals surface area contributed by atoms with E-state index in [2.05, 4.69) is 5.32 Å². The maximum atomic E-state index is 11.9. The first kappa shape index (κ1) is 19.0. The number of hydrogen-bond donors (Lipinski definition) is 2. The fraction of sp³-hybridized carbons (Fsp3) is 0.278. The van der Waals surface area contributed by atoms with E-state index in [0.29, 0.717) is 0 Å². The molecular formula is C18H23ClN2O2. The predicted molar refractivity (Wildman–Crippen MR) is 96.4 cm³/mol. The molecule has 0 aliphatic heterocycles. The van der Waals surface area contributed by atoms with Crippen molar-refractivity contribution in [3.63, 3.8) is 0 Å². The molecule has 1 amide bonds. The number of hydrogen-bond acceptors (Lipinski definition) is 3. The average Bonchev–Trinajstić information content (AvgIpc) is 2.48. The topological polar surface area (TPSA) is 64.3 Å². The molecule has 2 aromatic carbocycles. The van der Waals surface area contributed by atoms with Crippen LogP contribution in [0, 0.1) is 12.8 Å². The van der Waals surface area contributed by atoms with Gasteiger partial charge in [0.25, 0.3) is 0 Å². The van der Waals surface area contributed by atoms with Crippen molar-refractivity contribution in [3.8, 4) is 11.5 Å². The van der Waals surface area contributed by atoms with Crippen LogP contribution in [0.2, 0.25) is 0 Å². The first-order valence-corrected chi connectivity index (χ1v) is 7.37. The summed E-state index contributed by atoms with van der Waals surface area (Å²) in [7, 11) is 0. The molecule has 0 saturated carbocycles. The van der Waals surface area contributed by atoms with Crippen molar-refractivity contribution in [1.82, 2.24) is 0 Å². The molecule has 2 unspecified atom stereocenters. The maximum Gasteiger partial charge on any atom is 0.228 e. The molecule has 0 radical (unpaired) electrons. The summed E-state index contributed by atoms with van der Waals surface area (Å²) in [6.45, 7) is 5.66. The van der Waals surface area contributed by atoms with Gasteiger partial charge >= 0.3 is 0 Å². The number of amides is 1. The van der Waals surface area contributed by atoms with E-state index in [-0.39, 0.29) is 30.3 Å². The average molecular weight is 335 g/mol. The van der Waals surface area contributed by atoms with Crippen LogP contribution in [0.1, 0.15) is 19.4 Å². The molecule has 2 atom stereocenters. The third-order valence-corrected chi connectivity index (χ3v) is 3.55. The Bertz CT molecular complexity index is 642. The van der Waals surface area contributed by atoms with E-state index in [9.17, 15) is 4.79 Å². The zero-order valence-electron chi connectivity index (χ0n) is 13.6. The zero-order chi connectivity index (χ0) is 16.1. The molecule has 0 spiro atoms. The molecule has 2 rings (SSSR count). The first-order valence-electron chi connectivity index (χ1n) is 7.37. The summed E-state index contributed by atoms with van der Waals surface area (Å²) >= 11 is 0. The number of nitrogens with two attached hydrogens (primary N) is 1. The molecular weight excluding hydrogens is 312 g/mol. The van der Waals surface area contributed by atoms with E-state index in [1.807, 2.05) is 69.3 Å². The van der Waals surface area contributed by atoms with Crippen LogP contribution >= 0.6 is 12.4 Å². The lowest BCUT2D eigenvalue weighted by molar-refractivity contribution is -0.119. The van der Waals surface area contributed by atoms with E-state index >= 15 is 0 Å². The molecule has 0 fully saturated rings. The second kappa shape index (κ2) is 8.56. The lowest BCUT2D eigenvalue weighted by atomic mass is 10.0. The molecule has 5 heteroatoms. The largest absolute Gasteiger partial charge is 0.457 e. The number of aryl methyl sites for hydroxylation is 1. The minimum absolute atomic E-state index is 0. The Hall–Kier alpha value is -2.04. The van der Waals surface area contributed by atoms with Crippen molar-refractivity contribution in [2.24, 2.45) is 11.7 Å². The van der Waals surface area contributed by atoms with Crippen molar-refractivity contribution >= 4 is 24.0 Å². The number of nitrogens with one attached hydrogen (secondary N) is 1. The molecule has 0 aliphatic rings. The van der Waals surface area contributed by atoms with Crippen molar-refractivity contribution in [3.05, 3.63) is 54.1 Å². The van der Waals surface area contributed by atoms with E-state index < -0.39 is 0 Å². The van der Waals surface area contributed by atoms with Gasteiger partial charge < -0.3 is 15.8 Å². The van der Waals surface area contributed by atoms with Gasteiger partial charge in [0.2, 0.25) is 5.91 Å². The van der Waals surface area contributed by atoms with Crippen LogP contribution in [0.3, 0.4) is 0 Å². The highest BCUT2D eigenvalue weighted by Crippen LogP contribution is 2.23. The summed E-state index contributed by atoms with van der Waals surface area (Å²) in [5.74, 6) is 1.21. The number of carbonyl (C=O) groups excluding carboxylic acids is 1. The van der Waals surface area contributed by atoms with Gasteiger partial charge in [0.15, 0.2) is 0 Å². The molecule has 0 saturated heterocycles. The summed E-state index contributed by atoms with van der Waals surface area (Å²) in [5.41, 5.74) is 7.61. The van der Waals surface area contributed by atoms with Crippen molar-refractivity contribution in [2.75, 3.05) is 5.32 Å². The normalized spacial score (nSPS) is 12.7. The highest BCUT2D eigenvalue weighted by atomic mass is 35.5. The van der Waals surface area contributed by atoms with E-state index in [0.717, 1.165) is 22.7 Å². The smallest absolute Gasteiger partial charge is 0.228 e. The summed E-state index contributed by atoms with van der Waals surface area (Å²) in [5, 5.41) is 2.85. The number of carbonyl (C=O) groups is 1. The summed E-state index contributed by atoms with van der Waals surface area (Å²) in [6.07, 6.45) is 0. The molecule has 4 nitrogen and oxygen atoms in total. The Balaban J connectivity index is 0.00000264. The fourth-order valence-electron chi connectivity index (χ4n) is 1.92. The Labute approximate surface area is 143 Å². The zero-order valence-corrected chi connectivity index (χ0v) is 14.4. The number of anilines is 1. The van der Waals surface area contributed by atoms with Crippen LogP contribution in [0.5, 0.6) is 11.5 Å². The molecule has 2 aromatic rings. The summed E-state index contributed by atoms with van der Waals surface area (Å²) in [4.78, 5) is 11.9. The van der Waals surface area contributed by atoms with Crippen LogP contribution < -0.4 is 15.8 Å². The van der Waals surface area contributed by atoms with Crippen molar-refractivity contribution in [1.29, 1.82) is 0 Å². The van der Waals surface area contributed by atoms with Gasteiger partial charge in [-0.3, -0.25) is 4.79 Å². The van der Waals surface area contributed by atoms with E-state index in [1.54, 1.807) is 0 Å². The van der Waals surface area contributed by atoms with Gasteiger partial charge in [-0.1, -0.05) is 19.1 Å². The lowest BCUT2D eigenvalue weighted by Crippen LogP contribution is -2.34. The quantitative estimate of drug-likeness (QED) is 0.864. The second-order valence-electron chi connectivity index (χ2n) is 5.58. The highest BCUT2D eigenvalue weighted by molar-refractivity contribution is 5.92. The first-order chi connectivity index (χ1) is 10.5. The Morgan fingerprint density at radius 2 is 1.74 bits per heavy atom. The van der Waals surface area contributed by atoms with Crippen LogP contribution in [0.4, 0.5) is 5.69 Å². The third-order valence-electron chi connectivity index (χ3n) is 3.55. The monoisotopic (exact) mass is 334 g/mol. The second-order valence-corrected chi connectivity index (χ2v) is 5.58. The molecule has 3 N–H and O–H groups in total. The number of halogens is 1. The van der Waals surface area contributed by atoms with Gasteiger partial charge in [0.05, 0.1) is 5.92 Å². The molecule has 0 aliphatic carbocycles. The Kier molecular flexibility index (Phi) is 7.07. The lowest BCUT2D eigenvalue weighted by Gasteiger charge is -2.15. The van der Waals surface area contributed by atoms with Crippen molar-refractivity contribution < 1.29 is 9.53 Å². The SMILES string of the molecule is Cc1cccc(Oc2ccc(NC(=O)C(C)C(C)N)cc2)c1.Cl. The summed E-state index contributed by atoms with van der Waals surface area (Å²) in [6, 6.07) is 15.0. The van der Waals surface area contributed by atoms with E-state index in [4.69, 9.17) is 10.5 Å². The Morgan fingerprint density at radius 3 is 2.30 bits per heavy atom. The van der Waals surface area contributed by atoms with Crippen LogP contribution in [0.15, 0.2) is 48.5 Å². The van der Waals surface area contributed by atoms with Crippen LogP contribution in [-0.4, -0.2) is 11.9 Å². The van der Waals surface area contributed by atoms with Gasteiger partial charge in [-0.15, -0.1) is 12.4 Å².